The van der Waals surface area contributed by atoms with Crippen LogP contribution in [-0.4, -0.2) is 54.8 Å². The number of carbonyl (C=O) groups excluding carboxylic acids is 1. The van der Waals surface area contributed by atoms with Crippen LogP contribution >= 0.6 is 0 Å². The fraction of sp³-hybridized carbons (Fsp3) is 0.429. The number of amides is 1. The van der Waals surface area contributed by atoms with Crippen LogP contribution < -0.4 is 5.32 Å². The first-order valence-electron chi connectivity index (χ1n) is 10.1. The molecule has 0 aromatic carbocycles. The van der Waals surface area contributed by atoms with Crippen LogP contribution in [0.25, 0.3) is 0 Å². The molecule has 3 aromatic rings. The Morgan fingerprint density at radius 1 is 1.31 bits per heavy atom. The van der Waals surface area contributed by atoms with Gasteiger partial charge in [0.15, 0.2) is 0 Å². The quantitative estimate of drug-likeness (QED) is 0.666. The maximum absolute atomic E-state index is 12.9. The molecule has 1 aliphatic heterocycles. The Bertz CT molecular complexity index is 917. The summed E-state index contributed by atoms with van der Waals surface area (Å²) in [5, 5.41) is 7.47. The van der Waals surface area contributed by atoms with E-state index in [1.807, 2.05) is 49.0 Å². The van der Waals surface area contributed by atoms with Crippen molar-refractivity contribution in [3.63, 3.8) is 0 Å². The molecule has 4 heterocycles. The summed E-state index contributed by atoms with van der Waals surface area (Å²) in [6, 6.07) is 3.74. The molecule has 0 saturated carbocycles. The van der Waals surface area contributed by atoms with Crippen molar-refractivity contribution < 1.29 is 4.79 Å². The molecule has 0 radical (unpaired) electrons. The molecular weight excluding hydrogens is 366 g/mol. The van der Waals surface area contributed by atoms with E-state index in [1.54, 1.807) is 17.1 Å². The van der Waals surface area contributed by atoms with E-state index < -0.39 is 0 Å². The zero-order valence-electron chi connectivity index (χ0n) is 16.7. The van der Waals surface area contributed by atoms with Crippen molar-refractivity contribution in [3.05, 3.63) is 60.6 Å². The van der Waals surface area contributed by atoms with E-state index in [0.29, 0.717) is 11.5 Å². The lowest BCUT2D eigenvalue weighted by Crippen LogP contribution is -2.41. The van der Waals surface area contributed by atoms with Crippen LogP contribution in [0.3, 0.4) is 0 Å². The molecule has 29 heavy (non-hydrogen) atoms. The molecule has 8 nitrogen and oxygen atoms in total. The number of aromatic nitrogens is 5. The van der Waals surface area contributed by atoms with Crippen molar-refractivity contribution >= 4 is 11.7 Å². The van der Waals surface area contributed by atoms with Gasteiger partial charge in [0, 0.05) is 58.0 Å². The summed E-state index contributed by atoms with van der Waals surface area (Å²) < 4.78 is 3.89. The minimum Gasteiger partial charge on any atom is -0.370 e. The van der Waals surface area contributed by atoms with E-state index >= 15 is 0 Å². The third-order valence-electron chi connectivity index (χ3n) is 5.32. The van der Waals surface area contributed by atoms with Gasteiger partial charge in [-0.15, -0.1) is 0 Å². The van der Waals surface area contributed by atoms with Gasteiger partial charge >= 0.3 is 0 Å². The van der Waals surface area contributed by atoms with Gasteiger partial charge in [0.25, 0.3) is 5.91 Å². The van der Waals surface area contributed by atoms with Crippen LogP contribution in [0, 0.1) is 5.92 Å². The topological polar surface area (TPSA) is 80.9 Å². The summed E-state index contributed by atoms with van der Waals surface area (Å²) in [4.78, 5) is 23.4. The van der Waals surface area contributed by atoms with Gasteiger partial charge < -0.3 is 14.8 Å². The van der Waals surface area contributed by atoms with Gasteiger partial charge in [-0.05, 0) is 42.9 Å². The molecule has 1 N–H and O–H groups in total. The average Bonchev–Trinajstić information content (AvgIpc) is 3.40. The van der Waals surface area contributed by atoms with Gasteiger partial charge in [-0.25, -0.2) is 9.97 Å². The number of nitrogens with one attached hydrogen (secondary N) is 1. The number of anilines is 1. The monoisotopic (exact) mass is 393 g/mol. The van der Waals surface area contributed by atoms with E-state index in [-0.39, 0.29) is 5.91 Å². The fourth-order valence-corrected chi connectivity index (χ4v) is 3.83. The Morgan fingerprint density at radius 3 is 2.97 bits per heavy atom. The third kappa shape index (κ3) is 5.01. The van der Waals surface area contributed by atoms with Crippen molar-refractivity contribution in [2.24, 2.45) is 13.0 Å². The number of likely N-dealkylation sites (tertiary alicyclic amines) is 1. The summed E-state index contributed by atoms with van der Waals surface area (Å²) >= 11 is 0. The molecular formula is C21H27N7O. The first-order valence-corrected chi connectivity index (χ1v) is 10.1. The molecule has 8 heteroatoms. The van der Waals surface area contributed by atoms with Gasteiger partial charge in [0.1, 0.15) is 5.82 Å². The highest BCUT2D eigenvalue weighted by atomic mass is 16.2. The molecule has 1 amide bonds. The molecule has 3 aromatic heterocycles. The standard InChI is InChI=1S/C21H27N7O/c1-26-13-17(11-25-26)6-7-23-20-5-4-19(12-24-20)21(29)28-9-2-3-18(15-28)14-27-10-8-22-16-27/h4-5,8,10-13,16,18H,2-3,6-7,9,14-15H2,1H3,(H,23,24)/t18-/m0/s1. The highest BCUT2D eigenvalue weighted by Gasteiger charge is 2.24. The number of hydrogen-bond donors (Lipinski definition) is 1. The second-order valence-electron chi connectivity index (χ2n) is 7.65. The second kappa shape index (κ2) is 8.89. The lowest BCUT2D eigenvalue weighted by molar-refractivity contribution is 0.0662. The number of hydrogen-bond acceptors (Lipinski definition) is 5. The van der Waals surface area contributed by atoms with E-state index in [1.165, 1.54) is 5.56 Å². The Hall–Kier alpha value is -3.16. The molecule has 1 atom stereocenters. The first kappa shape index (κ1) is 19.2. The number of carbonyl (C=O) groups is 1. The molecule has 1 fully saturated rings. The van der Waals surface area contributed by atoms with Crippen LogP contribution in [0.15, 0.2) is 49.4 Å². The van der Waals surface area contributed by atoms with Gasteiger partial charge in [0.05, 0.1) is 18.1 Å². The zero-order valence-corrected chi connectivity index (χ0v) is 16.7. The van der Waals surface area contributed by atoms with Gasteiger partial charge in [0.2, 0.25) is 0 Å². The normalized spacial score (nSPS) is 16.7. The minimum absolute atomic E-state index is 0.0646. The van der Waals surface area contributed by atoms with E-state index in [0.717, 1.165) is 51.3 Å². The summed E-state index contributed by atoms with van der Waals surface area (Å²) in [6.07, 6.45) is 14.2. The molecule has 0 unspecified atom stereocenters. The van der Waals surface area contributed by atoms with E-state index in [9.17, 15) is 4.79 Å². The Labute approximate surface area is 170 Å². The lowest BCUT2D eigenvalue weighted by Gasteiger charge is -2.33. The number of imidazole rings is 1. The van der Waals surface area contributed by atoms with Crippen LogP contribution in [-0.2, 0) is 20.0 Å². The summed E-state index contributed by atoms with van der Waals surface area (Å²) in [5.74, 6) is 1.31. The zero-order chi connectivity index (χ0) is 20.1. The van der Waals surface area contributed by atoms with Crippen molar-refractivity contribution in [2.75, 3.05) is 25.0 Å². The van der Waals surface area contributed by atoms with Crippen molar-refractivity contribution in [2.45, 2.75) is 25.8 Å². The van der Waals surface area contributed by atoms with Crippen molar-refractivity contribution in [3.8, 4) is 0 Å². The second-order valence-corrected chi connectivity index (χ2v) is 7.65. The fourth-order valence-electron chi connectivity index (χ4n) is 3.83. The van der Waals surface area contributed by atoms with Crippen LogP contribution in [0.5, 0.6) is 0 Å². The summed E-state index contributed by atoms with van der Waals surface area (Å²) in [5.41, 5.74) is 1.83. The molecule has 1 saturated heterocycles. The van der Waals surface area contributed by atoms with E-state index in [2.05, 4.69) is 25.0 Å². The predicted octanol–water partition coefficient (Wildman–Crippen LogP) is 2.22. The Morgan fingerprint density at radius 2 is 2.24 bits per heavy atom. The SMILES string of the molecule is Cn1cc(CCNc2ccc(C(=O)N3CCC[C@@H](Cn4ccnc4)C3)cn2)cn1. The molecule has 4 rings (SSSR count). The average molecular weight is 393 g/mol. The van der Waals surface area contributed by atoms with Crippen molar-refractivity contribution in [1.82, 2.24) is 29.2 Å². The molecule has 1 aliphatic rings. The lowest BCUT2D eigenvalue weighted by atomic mass is 9.97. The van der Waals surface area contributed by atoms with Gasteiger partial charge in [-0.2, -0.15) is 5.10 Å². The van der Waals surface area contributed by atoms with Gasteiger partial charge in [-0.1, -0.05) is 0 Å². The number of nitrogens with zero attached hydrogens (tertiary/aromatic N) is 6. The Kier molecular flexibility index (Phi) is 5.88. The highest BCUT2D eigenvalue weighted by Crippen LogP contribution is 2.20. The number of piperidine rings is 1. The van der Waals surface area contributed by atoms with Crippen molar-refractivity contribution in [1.29, 1.82) is 0 Å². The van der Waals surface area contributed by atoms with Gasteiger partial charge in [-0.3, -0.25) is 9.48 Å². The van der Waals surface area contributed by atoms with Crippen LogP contribution in [0.4, 0.5) is 5.82 Å². The third-order valence-corrected chi connectivity index (χ3v) is 5.32. The summed E-state index contributed by atoms with van der Waals surface area (Å²) in [7, 11) is 1.91. The minimum atomic E-state index is 0.0646. The van der Waals surface area contributed by atoms with Crippen LogP contribution in [0.1, 0.15) is 28.8 Å². The van der Waals surface area contributed by atoms with E-state index in [4.69, 9.17) is 0 Å². The first-order chi connectivity index (χ1) is 14.2. The maximum Gasteiger partial charge on any atom is 0.255 e. The Balaban J connectivity index is 1.29. The molecule has 0 bridgehead atoms. The summed E-state index contributed by atoms with van der Waals surface area (Å²) in [6.45, 7) is 3.27. The highest BCUT2D eigenvalue weighted by molar-refractivity contribution is 5.94. The molecule has 152 valence electrons. The molecule has 0 aliphatic carbocycles. The number of pyridine rings is 1. The maximum atomic E-state index is 12.9. The number of aryl methyl sites for hydroxylation is 1. The molecule has 0 spiro atoms. The predicted molar refractivity (Wildman–Crippen MR) is 110 cm³/mol. The largest absolute Gasteiger partial charge is 0.370 e. The smallest absolute Gasteiger partial charge is 0.255 e. The van der Waals surface area contributed by atoms with Crippen LogP contribution in [0.2, 0.25) is 0 Å². The number of rotatable bonds is 7.